The third-order valence-electron chi connectivity index (χ3n) is 7.15. The van der Waals surface area contributed by atoms with Crippen LogP contribution in [0.3, 0.4) is 0 Å². The minimum absolute atomic E-state index is 0.0799. The molecule has 0 heterocycles. The number of rotatable bonds is 7. The number of nitro groups is 1. The van der Waals surface area contributed by atoms with E-state index in [0.29, 0.717) is 0 Å². The van der Waals surface area contributed by atoms with E-state index in [-0.39, 0.29) is 10.6 Å². The van der Waals surface area contributed by atoms with Crippen LogP contribution < -0.4 is 9.80 Å². The Kier molecular flexibility index (Phi) is 6.69. The van der Waals surface area contributed by atoms with Crippen molar-refractivity contribution in [2.24, 2.45) is 0 Å². The smallest absolute Gasteiger partial charge is 0.269 e. The Morgan fingerprint density at radius 2 is 1.05 bits per heavy atom. The van der Waals surface area contributed by atoms with Gasteiger partial charge < -0.3 is 9.80 Å². The summed E-state index contributed by atoms with van der Waals surface area (Å²) in [5.74, 6) is 0. The van der Waals surface area contributed by atoms with Gasteiger partial charge in [0.15, 0.2) is 0 Å². The second-order valence-electron chi connectivity index (χ2n) is 9.63. The quantitative estimate of drug-likeness (QED) is 0.155. The molecule has 6 aromatic carbocycles. The average molecular weight is 522 g/mol. The molecular weight excluding hydrogens is 494 g/mol. The van der Waals surface area contributed by atoms with Gasteiger partial charge in [0.05, 0.1) is 4.92 Å². The molecule has 6 aromatic rings. The third-order valence-corrected chi connectivity index (χ3v) is 7.15. The molecule has 0 bridgehead atoms. The van der Waals surface area contributed by atoms with Crippen molar-refractivity contribution in [1.82, 2.24) is 0 Å². The summed E-state index contributed by atoms with van der Waals surface area (Å²) in [5.41, 5.74) is 7.42. The molecule has 5 heteroatoms. The van der Waals surface area contributed by atoms with E-state index in [0.717, 1.165) is 34.0 Å². The molecule has 0 saturated carbocycles. The van der Waals surface area contributed by atoms with E-state index in [1.54, 1.807) is 12.1 Å². The van der Waals surface area contributed by atoms with Gasteiger partial charge in [-0.1, -0.05) is 72.8 Å². The first kappa shape index (κ1) is 24.9. The third kappa shape index (κ3) is 5.00. The molecule has 0 saturated heterocycles. The van der Waals surface area contributed by atoms with Crippen molar-refractivity contribution >= 4 is 44.9 Å². The second kappa shape index (κ2) is 10.8. The van der Waals surface area contributed by atoms with E-state index in [2.05, 4.69) is 120 Å². The van der Waals surface area contributed by atoms with E-state index in [1.165, 1.54) is 28.5 Å². The van der Waals surface area contributed by atoms with Crippen molar-refractivity contribution in [3.8, 4) is 11.1 Å². The maximum absolute atomic E-state index is 11.0. The lowest BCUT2D eigenvalue weighted by molar-refractivity contribution is -0.384. The number of non-ortho nitro benzene ring substituents is 1. The maximum atomic E-state index is 11.0. The molecule has 40 heavy (non-hydrogen) atoms. The zero-order valence-electron chi connectivity index (χ0n) is 22.0. The van der Waals surface area contributed by atoms with Crippen LogP contribution in [-0.2, 0) is 0 Å². The molecule has 0 aromatic heterocycles. The lowest BCUT2D eigenvalue weighted by Gasteiger charge is -2.27. The first-order valence-electron chi connectivity index (χ1n) is 13.1. The van der Waals surface area contributed by atoms with Gasteiger partial charge in [-0.25, -0.2) is 0 Å². The van der Waals surface area contributed by atoms with E-state index in [1.807, 2.05) is 18.0 Å². The fourth-order valence-corrected chi connectivity index (χ4v) is 4.99. The van der Waals surface area contributed by atoms with Gasteiger partial charge in [-0.05, 0) is 82.6 Å². The van der Waals surface area contributed by atoms with Crippen molar-refractivity contribution in [3.63, 3.8) is 0 Å². The van der Waals surface area contributed by atoms with E-state index >= 15 is 0 Å². The van der Waals surface area contributed by atoms with Gasteiger partial charge in [-0.2, -0.15) is 0 Å². The fraction of sp³-hybridized carbons (Fsp3) is 0.0286. The number of hydrogen-bond acceptors (Lipinski definition) is 4. The van der Waals surface area contributed by atoms with Gasteiger partial charge in [-0.3, -0.25) is 10.1 Å². The summed E-state index contributed by atoms with van der Waals surface area (Å²) in [6, 6.07) is 48.9. The van der Waals surface area contributed by atoms with Gasteiger partial charge in [0.2, 0.25) is 0 Å². The Morgan fingerprint density at radius 1 is 0.500 bits per heavy atom. The summed E-state index contributed by atoms with van der Waals surface area (Å²) >= 11 is 0. The van der Waals surface area contributed by atoms with E-state index in [9.17, 15) is 10.1 Å². The van der Waals surface area contributed by atoms with Crippen LogP contribution in [0.4, 0.5) is 34.1 Å². The van der Waals surface area contributed by atoms with Gasteiger partial charge in [0.1, 0.15) is 0 Å². The molecule has 0 unspecified atom stereocenters. The summed E-state index contributed by atoms with van der Waals surface area (Å²) in [6.45, 7) is 0. The number of fused-ring (bicyclic) bond motifs is 1. The maximum Gasteiger partial charge on any atom is 0.269 e. The van der Waals surface area contributed by atoms with Crippen molar-refractivity contribution in [1.29, 1.82) is 0 Å². The van der Waals surface area contributed by atoms with Crippen LogP contribution in [0.2, 0.25) is 0 Å². The Bertz CT molecular complexity index is 1780. The standard InChI is InChI=1S/C35H27N3O2/c1-36(31-18-22-33(23-19-31)38(39)40)30-16-20-32(21-17-30)37(35-15-14-27-10-5-6-11-28(27)25-35)34-13-7-12-29(24-34)26-8-3-2-4-9-26/h2-25H,1H3. The topological polar surface area (TPSA) is 49.6 Å². The fourth-order valence-electron chi connectivity index (χ4n) is 4.99. The molecule has 194 valence electrons. The largest absolute Gasteiger partial charge is 0.345 e. The molecule has 0 aliphatic carbocycles. The zero-order valence-corrected chi connectivity index (χ0v) is 22.0. The molecule has 0 fully saturated rings. The Hall–Kier alpha value is -5.42. The molecule has 0 atom stereocenters. The normalized spacial score (nSPS) is 10.8. The van der Waals surface area contributed by atoms with Crippen molar-refractivity contribution in [2.45, 2.75) is 0 Å². The van der Waals surface area contributed by atoms with Crippen molar-refractivity contribution in [3.05, 3.63) is 156 Å². The van der Waals surface area contributed by atoms with Crippen LogP contribution in [-0.4, -0.2) is 12.0 Å². The molecule has 0 amide bonds. The van der Waals surface area contributed by atoms with Crippen LogP contribution in [0.5, 0.6) is 0 Å². The highest BCUT2D eigenvalue weighted by Gasteiger charge is 2.15. The summed E-state index contributed by atoms with van der Waals surface area (Å²) in [6.07, 6.45) is 0. The molecule has 5 nitrogen and oxygen atoms in total. The number of nitrogens with zero attached hydrogens (tertiary/aromatic N) is 3. The van der Waals surface area contributed by atoms with Crippen LogP contribution >= 0.6 is 0 Å². The Balaban J connectivity index is 1.40. The minimum atomic E-state index is -0.382. The van der Waals surface area contributed by atoms with Crippen LogP contribution in [0.25, 0.3) is 21.9 Å². The van der Waals surface area contributed by atoms with Crippen molar-refractivity contribution in [2.75, 3.05) is 16.8 Å². The number of nitro benzene ring substituents is 1. The van der Waals surface area contributed by atoms with Gasteiger partial charge in [0.25, 0.3) is 5.69 Å². The molecule has 0 radical (unpaired) electrons. The first-order valence-corrected chi connectivity index (χ1v) is 13.1. The summed E-state index contributed by atoms with van der Waals surface area (Å²) < 4.78 is 0. The molecule has 0 N–H and O–H groups in total. The highest BCUT2D eigenvalue weighted by Crippen LogP contribution is 2.39. The number of anilines is 5. The molecule has 6 rings (SSSR count). The zero-order chi connectivity index (χ0) is 27.5. The van der Waals surface area contributed by atoms with Gasteiger partial charge in [0, 0.05) is 47.6 Å². The van der Waals surface area contributed by atoms with Crippen LogP contribution in [0, 0.1) is 10.1 Å². The predicted molar refractivity (Wildman–Crippen MR) is 165 cm³/mol. The highest BCUT2D eigenvalue weighted by atomic mass is 16.6. The van der Waals surface area contributed by atoms with Crippen molar-refractivity contribution < 1.29 is 4.92 Å². The lowest BCUT2D eigenvalue weighted by Crippen LogP contribution is -2.12. The number of hydrogen-bond donors (Lipinski definition) is 0. The summed E-state index contributed by atoms with van der Waals surface area (Å²) in [4.78, 5) is 15.0. The molecule has 0 aliphatic heterocycles. The van der Waals surface area contributed by atoms with E-state index < -0.39 is 0 Å². The van der Waals surface area contributed by atoms with Crippen LogP contribution in [0.15, 0.2) is 146 Å². The molecular formula is C35H27N3O2. The predicted octanol–water partition coefficient (Wildman–Crippen LogP) is 9.65. The van der Waals surface area contributed by atoms with Gasteiger partial charge >= 0.3 is 0 Å². The summed E-state index contributed by atoms with van der Waals surface area (Å²) in [7, 11) is 1.96. The van der Waals surface area contributed by atoms with E-state index in [4.69, 9.17) is 0 Å². The Morgan fingerprint density at radius 3 is 1.75 bits per heavy atom. The molecule has 0 aliphatic rings. The highest BCUT2D eigenvalue weighted by molar-refractivity contribution is 5.90. The first-order chi connectivity index (χ1) is 19.6. The minimum Gasteiger partial charge on any atom is -0.345 e. The monoisotopic (exact) mass is 521 g/mol. The summed E-state index contributed by atoms with van der Waals surface area (Å²) in [5, 5.41) is 13.4. The van der Waals surface area contributed by atoms with Gasteiger partial charge in [-0.15, -0.1) is 0 Å². The van der Waals surface area contributed by atoms with Crippen LogP contribution in [0.1, 0.15) is 0 Å². The lowest BCUT2D eigenvalue weighted by atomic mass is 10.0. The Labute approximate surface area is 233 Å². The second-order valence-corrected chi connectivity index (χ2v) is 9.63. The average Bonchev–Trinajstić information content (AvgIpc) is 3.02. The SMILES string of the molecule is CN(c1ccc(N(c2cccc(-c3ccccc3)c2)c2ccc3ccccc3c2)cc1)c1ccc([N+](=O)[O-])cc1. The molecule has 0 spiro atoms. The number of benzene rings is 6.